The molecule has 0 unspecified atom stereocenters. The number of hydrogen-bond acceptors (Lipinski definition) is 3. The number of ether oxygens (including phenoxy) is 1. The van der Waals surface area contributed by atoms with Crippen molar-refractivity contribution in [3.05, 3.63) is 41.5 Å². The molecule has 1 amide bonds. The Morgan fingerprint density at radius 1 is 1.28 bits per heavy atom. The predicted molar refractivity (Wildman–Crippen MR) is 68.7 cm³/mol. The molecule has 0 aliphatic carbocycles. The van der Waals surface area contributed by atoms with Gasteiger partial charge in [-0.1, -0.05) is 12.2 Å². The molecular formula is C14H15NO3. The van der Waals surface area contributed by atoms with Crippen molar-refractivity contribution in [2.75, 3.05) is 18.6 Å². The Bertz CT molecular complexity index is 520. The summed E-state index contributed by atoms with van der Waals surface area (Å²) >= 11 is 0. The summed E-state index contributed by atoms with van der Waals surface area (Å²) in [6.07, 6.45) is 4.67. The van der Waals surface area contributed by atoms with Crippen molar-refractivity contribution in [1.82, 2.24) is 0 Å². The molecule has 1 aliphatic rings. The van der Waals surface area contributed by atoms with E-state index in [0.29, 0.717) is 18.5 Å². The zero-order valence-electron chi connectivity index (χ0n) is 10.5. The highest BCUT2D eigenvalue weighted by Gasteiger charge is 2.17. The van der Waals surface area contributed by atoms with Crippen molar-refractivity contribution in [2.45, 2.75) is 13.3 Å². The summed E-state index contributed by atoms with van der Waals surface area (Å²) in [5.74, 6) is -0.367. The highest BCUT2D eigenvalue weighted by molar-refractivity contribution is 5.95. The van der Waals surface area contributed by atoms with E-state index in [9.17, 15) is 9.59 Å². The van der Waals surface area contributed by atoms with Crippen LogP contribution in [-0.2, 0) is 16.0 Å². The van der Waals surface area contributed by atoms with Crippen LogP contribution in [0.3, 0.4) is 0 Å². The van der Waals surface area contributed by atoms with Gasteiger partial charge in [-0.3, -0.25) is 4.79 Å². The molecule has 4 nitrogen and oxygen atoms in total. The first-order valence-corrected chi connectivity index (χ1v) is 5.78. The topological polar surface area (TPSA) is 46.6 Å². The number of methoxy groups -OCH3 is 1. The fourth-order valence-corrected chi connectivity index (χ4v) is 2.04. The van der Waals surface area contributed by atoms with E-state index in [4.69, 9.17) is 4.74 Å². The lowest BCUT2D eigenvalue weighted by molar-refractivity contribution is -0.116. The summed E-state index contributed by atoms with van der Waals surface area (Å²) in [4.78, 5) is 24.8. The molecule has 0 atom stereocenters. The Hall–Kier alpha value is -2.10. The van der Waals surface area contributed by atoms with Crippen LogP contribution in [0.15, 0.2) is 30.4 Å². The van der Waals surface area contributed by atoms with Crippen LogP contribution in [0.1, 0.15) is 22.8 Å². The molecule has 0 saturated carbocycles. The lowest BCUT2D eigenvalue weighted by Gasteiger charge is -2.21. The SMILES string of the molecule is COC(=O)c1ccc2c(c1)CC=CCN2C(C)=O. The molecular weight excluding hydrogens is 230 g/mol. The predicted octanol–water partition coefficient (Wildman–Crippen LogP) is 1.94. The van der Waals surface area contributed by atoms with Crippen LogP contribution in [0.25, 0.3) is 0 Å². The number of anilines is 1. The van der Waals surface area contributed by atoms with Gasteiger partial charge in [-0.2, -0.15) is 0 Å². The molecule has 2 rings (SSSR count). The zero-order valence-corrected chi connectivity index (χ0v) is 10.5. The molecule has 1 aromatic carbocycles. The monoisotopic (exact) mass is 245 g/mol. The summed E-state index contributed by atoms with van der Waals surface area (Å²) in [7, 11) is 1.36. The minimum atomic E-state index is -0.361. The van der Waals surface area contributed by atoms with Crippen LogP contribution in [-0.4, -0.2) is 25.5 Å². The largest absolute Gasteiger partial charge is 0.465 e. The van der Waals surface area contributed by atoms with E-state index in [1.165, 1.54) is 14.0 Å². The van der Waals surface area contributed by atoms with Gasteiger partial charge in [0.25, 0.3) is 0 Å². The second-order valence-electron chi connectivity index (χ2n) is 4.14. The molecule has 0 saturated heterocycles. The van der Waals surface area contributed by atoms with Crippen molar-refractivity contribution < 1.29 is 14.3 Å². The maximum Gasteiger partial charge on any atom is 0.337 e. The van der Waals surface area contributed by atoms with Crippen LogP contribution in [0.2, 0.25) is 0 Å². The molecule has 94 valence electrons. The van der Waals surface area contributed by atoms with E-state index in [0.717, 1.165) is 11.3 Å². The van der Waals surface area contributed by atoms with Gasteiger partial charge < -0.3 is 9.64 Å². The van der Waals surface area contributed by atoms with Crippen LogP contribution < -0.4 is 4.90 Å². The minimum absolute atomic E-state index is 0.00591. The Balaban J connectivity index is 2.45. The van der Waals surface area contributed by atoms with Crippen LogP contribution in [0.5, 0.6) is 0 Å². The number of fused-ring (bicyclic) bond motifs is 1. The number of carbonyl (C=O) groups excluding carboxylic acids is 2. The van der Waals surface area contributed by atoms with Crippen LogP contribution in [0, 0.1) is 0 Å². The molecule has 0 spiro atoms. The van der Waals surface area contributed by atoms with Gasteiger partial charge in [0.2, 0.25) is 5.91 Å². The molecule has 1 aliphatic heterocycles. The standard InChI is InChI=1S/C14H15NO3/c1-10(16)15-8-4-3-5-11-9-12(14(17)18-2)6-7-13(11)15/h3-4,6-7,9H,5,8H2,1-2H3. The smallest absolute Gasteiger partial charge is 0.337 e. The van der Waals surface area contributed by atoms with E-state index >= 15 is 0 Å². The van der Waals surface area contributed by atoms with E-state index in [2.05, 4.69) is 0 Å². The summed E-state index contributed by atoms with van der Waals surface area (Å²) in [6.45, 7) is 2.11. The number of rotatable bonds is 1. The Morgan fingerprint density at radius 2 is 2.06 bits per heavy atom. The molecule has 0 N–H and O–H groups in total. The van der Waals surface area contributed by atoms with E-state index in [-0.39, 0.29) is 11.9 Å². The quantitative estimate of drug-likeness (QED) is 0.561. The zero-order chi connectivity index (χ0) is 13.1. The highest BCUT2D eigenvalue weighted by atomic mass is 16.5. The fraction of sp³-hybridized carbons (Fsp3) is 0.286. The lowest BCUT2D eigenvalue weighted by atomic mass is 10.1. The van der Waals surface area contributed by atoms with E-state index < -0.39 is 0 Å². The molecule has 0 aromatic heterocycles. The lowest BCUT2D eigenvalue weighted by Crippen LogP contribution is -2.28. The van der Waals surface area contributed by atoms with Gasteiger partial charge in [0.15, 0.2) is 0 Å². The normalized spacial score (nSPS) is 13.8. The van der Waals surface area contributed by atoms with Crippen LogP contribution in [0.4, 0.5) is 5.69 Å². The Labute approximate surface area is 106 Å². The first kappa shape index (κ1) is 12.4. The maximum atomic E-state index is 11.6. The number of benzene rings is 1. The number of hydrogen-bond donors (Lipinski definition) is 0. The van der Waals surface area contributed by atoms with Gasteiger partial charge in [-0.05, 0) is 30.2 Å². The molecule has 0 bridgehead atoms. The maximum absolute atomic E-state index is 11.6. The van der Waals surface area contributed by atoms with E-state index in [1.807, 2.05) is 12.2 Å². The molecule has 0 fully saturated rings. The van der Waals surface area contributed by atoms with E-state index in [1.54, 1.807) is 23.1 Å². The third-order valence-corrected chi connectivity index (χ3v) is 2.96. The second-order valence-corrected chi connectivity index (χ2v) is 4.14. The summed E-state index contributed by atoms with van der Waals surface area (Å²) in [6, 6.07) is 5.27. The highest BCUT2D eigenvalue weighted by Crippen LogP contribution is 2.25. The van der Waals surface area contributed by atoms with Gasteiger partial charge >= 0.3 is 5.97 Å². The average molecular weight is 245 g/mol. The third-order valence-electron chi connectivity index (χ3n) is 2.96. The van der Waals surface area contributed by atoms with Crippen LogP contribution >= 0.6 is 0 Å². The summed E-state index contributed by atoms with van der Waals surface area (Å²) in [5.41, 5.74) is 2.33. The van der Waals surface area contributed by atoms with Crippen molar-refractivity contribution in [3.63, 3.8) is 0 Å². The first-order chi connectivity index (χ1) is 8.63. The van der Waals surface area contributed by atoms with Gasteiger partial charge in [-0.25, -0.2) is 4.79 Å². The van der Waals surface area contributed by atoms with Crippen molar-refractivity contribution >= 4 is 17.6 Å². The third kappa shape index (κ3) is 2.27. The molecule has 0 radical (unpaired) electrons. The Morgan fingerprint density at radius 3 is 2.72 bits per heavy atom. The molecule has 1 heterocycles. The number of allylic oxidation sites excluding steroid dienone is 1. The molecule has 4 heteroatoms. The number of nitrogens with zero attached hydrogens (tertiary/aromatic N) is 1. The van der Waals surface area contributed by atoms with Gasteiger partial charge in [-0.15, -0.1) is 0 Å². The first-order valence-electron chi connectivity index (χ1n) is 5.78. The van der Waals surface area contributed by atoms with Gasteiger partial charge in [0.05, 0.1) is 12.7 Å². The number of amides is 1. The van der Waals surface area contributed by atoms with Gasteiger partial charge in [0.1, 0.15) is 0 Å². The second kappa shape index (κ2) is 5.04. The molecule has 18 heavy (non-hydrogen) atoms. The molecule has 1 aromatic rings. The minimum Gasteiger partial charge on any atom is -0.465 e. The van der Waals surface area contributed by atoms with Crippen molar-refractivity contribution in [1.29, 1.82) is 0 Å². The summed E-state index contributed by atoms with van der Waals surface area (Å²) < 4.78 is 4.70. The Kier molecular flexibility index (Phi) is 3.46. The van der Waals surface area contributed by atoms with Crippen molar-refractivity contribution in [2.24, 2.45) is 0 Å². The number of esters is 1. The number of carbonyl (C=O) groups is 2. The van der Waals surface area contributed by atoms with Crippen molar-refractivity contribution in [3.8, 4) is 0 Å². The summed E-state index contributed by atoms with van der Waals surface area (Å²) in [5, 5.41) is 0. The van der Waals surface area contributed by atoms with Gasteiger partial charge in [0, 0.05) is 19.2 Å². The average Bonchev–Trinajstić information content (AvgIpc) is 2.59. The fourth-order valence-electron chi connectivity index (χ4n) is 2.04.